The second kappa shape index (κ2) is 11.6. The maximum absolute atomic E-state index is 9.92. The number of aliphatic imine (C=N–C) groups is 1. The molecule has 5 nitrogen and oxygen atoms in total. The number of nitrogens with one attached hydrogen (secondary N) is 2. The number of aryl methyl sites for hydroxylation is 1. The third-order valence-electron chi connectivity index (χ3n) is 4.42. The first-order valence-electron chi connectivity index (χ1n) is 9.02. The maximum Gasteiger partial charge on any atom is 0.191 e. The molecule has 1 fully saturated rings. The largest absolute Gasteiger partial charge is 0.489 e. The Balaban J connectivity index is 0.00000312. The SMILES string of the molecule is CCNC(=NCC(C)Oc1ccccc1C)NCC1CCCC1O.I. The van der Waals surface area contributed by atoms with E-state index < -0.39 is 0 Å². The van der Waals surface area contributed by atoms with E-state index in [2.05, 4.69) is 22.5 Å². The topological polar surface area (TPSA) is 65.9 Å². The summed E-state index contributed by atoms with van der Waals surface area (Å²) in [6.45, 7) is 8.28. The van der Waals surface area contributed by atoms with E-state index in [9.17, 15) is 5.11 Å². The zero-order valence-electron chi connectivity index (χ0n) is 15.5. The molecular weight excluding hydrogens is 429 g/mol. The van der Waals surface area contributed by atoms with Gasteiger partial charge < -0.3 is 20.5 Å². The number of hydrogen-bond acceptors (Lipinski definition) is 3. The third-order valence-corrected chi connectivity index (χ3v) is 4.42. The molecule has 2 rings (SSSR count). The lowest BCUT2D eigenvalue weighted by atomic mass is 10.1. The van der Waals surface area contributed by atoms with Crippen LogP contribution in [0.2, 0.25) is 0 Å². The van der Waals surface area contributed by atoms with Gasteiger partial charge in [0.05, 0.1) is 12.6 Å². The summed E-state index contributed by atoms with van der Waals surface area (Å²) < 4.78 is 5.97. The van der Waals surface area contributed by atoms with Crippen molar-refractivity contribution >= 4 is 29.9 Å². The maximum atomic E-state index is 9.92. The van der Waals surface area contributed by atoms with E-state index in [0.717, 1.165) is 49.6 Å². The number of nitrogens with zero attached hydrogens (tertiary/aromatic N) is 1. The van der Waals surface area contributed by atoms with Gasteiger partial charge in [0.25, 0.3) is 0 Å². The Hall–Kier alpha value is -1.02. The van der Waals surface area contributed by atoms with Gasteiger partial charge in [0.15, 0.2) is 5.96 Å². The van der Waals surface area contributed by atoms with Gasteiger partial charge in [-0.2, -0.15) is 0 Å². The molecule has 0 amide bonds. The van der Waals surface area contributed by atoms with E-state index in [1.165, 1.54) is 0 Å². The normalized spacial score (nSPS) is 21.4. The van der Waals surface area contributed by atoms with Crippen molar-refractivity contribution in [3.63, 3.8) is 0 Å². The summed E-state index contributed by atoms with van der Waals surface area (Å²) in [6.07, 6.45) is 2.94. The molecule has 1 aliphatic rings. The average Bonchev–Trinajstić information content (AvgIpc) is 2.97. The fourth-order valence-corrected chi connectivity index (χ4v) is 2.99. The minimum Gasteiger partial charge on any atom is -0.489 e. The van der Waals surface area contributed by atoms with Crippen LogP contribution in [0.15, 0.2) is 29.3 Å². The first-order chi connectivity index (χ1) is 11.6. The van der Waals surface area contributed by atoms with E-state index in [4.69, 9.17) is 4.74 Å². The number of hydrogen-bond donors (Lipinski definition) is 3. The Morgan fingerprint density at radius 2 is 2.08 bits per heavy atom. The summed E-state index contributed by atoms with van der Waals surface area (Å²) in [5.41, 5.74) is 1.13. The zero-order chi connectivity index (χ0) is 17.4. The number of benzene rings is 1. The van der Waals surface area contributed by atoms with E-state index in [1.54, 1.807) is 0 Å². The molecule has 3 unspecified atom stereocenters. The fourth-order valence-electron chi connectivity index (χ4n) is 2.99. The molecule has 1 aromatic carbocycles. The highest BCUT2D eigenvalue weighted by Gasteiger charge is 2.25. The summed E-state index contributed by atoms with van der Waals surface area (Å²) in [6, 6.07) is 8.02. The predicted octanol–water partition coefficient (Wildman–Crippen LogP) is 3.10. The molecule has 0 aromatic heterocycles. The minimum atomic E-state index is -0.177. The highest BCUT2D eigenvalue weighted by atomic mass is 127. The van der Waals surface area contributed by atoms with Gasteiger partial charge in [-0.25, -0.2) is 4.99 Å². The summed E-state index contributed by atoms with van der Waals surface area (Å²) in [5.74, 6) is 2.03. The number of guanidine groups is 1. The summed E-state index contributed by atoms with van der Waals surface area (Å²) in [7, 11) is 0. The average molecular weight is 461 g/mol. The number of aliphatic hydroxyl groups excluding tert-OH is 1. The Labute approximate surface area is 168 Å². The molecule has 3 atom stereocenters. The number of halogens is 1. The molecular formula is C19H32IN3O2. The lowest BCUT2D eigenvalue weighted by Gasteiger charge is -2.19. The van der Waals surface area contributed by atoms with E-state index >= 15 is 0 Å². The van der Waals surface area contributed by atoms with Crippen molar-refractivity contribution in [1.82, 2.24) is 10.6 Å². The molecule has 0 heterocycles. The molecule has 142 valence electrons. The summed E-state index contributed by atoms with van der Waals surface area (Å²) >= 11 is 0. The van der Waals surface area contributed by atoms with Crippen LogP contribution in [0.3, 0.4) is 0 Å². The van der Waals surface area contributed by atoms with Crippen molar-refractivity contribution in [3.05, 3.63) is 29.8 Å². The van der Waals surface area contributed by atoms with Crippen LogP contribution >= 0.6 is 24.0 Å². The van der Waals surface area contributed by atoms with Gasteiger partial charge in [-0.1, -0.05) is 24.6 Å². The predicted molar refractivity (Wildman–Crippen MR) is 114 cm³/mol. The van der Waals surface area contributed by atoms with Crippen molar-refractivity contribution in [2.75, 3.05) is 19.6 Å². The molecule has 0 spiro atoms. The van der Waals surface area contributed by atoms with Gasteiger partial charge in [-0.15, -0.1) is 24.0 Å². The molecule has 25 heavy (non-hydrogen) atoms. The molecule has 3 N–H and O–H groups in total. The van der Waals surface area contributed by atoms with Crippen molar-refractivity contribution < 1.29 is 9.84 Å². The molecule has 1 aromatic rings. The number of ether oxygens (including phenoxy) is 1. The number of para-hydroxylation sites is 1. The van der Waals surface area contributed by atoms with Gasteiger partial charge in [-0.05, 0) is 45.2 Å². The summed E-state index contributed by atoms with van der Waals surface area (Å²) in [5, 5.41) is 16.5. The first kappa shape index (κ1) is 22.0. The van der Waals surface area contributed by atoms with Crippen LogP contribution in [0.5, 0.6) is 5.75 Å². The Kier molecular flexibility index (Phi) is 10.2. The van der Waals surface area contributed by atoms with Crippen LogP contribution in [0.1, 0.15) is 38.7 Å². The van der Waals surface area contributed by atoms with Gasteiger partial charge in [-0.3, -0.25) is 0 Å². The van der Waals surface area contributed by atoms with E-state index in [-0.39, 0.29) is 36.2 Å². The van der Waals surface area contributed by atoms with Gasteiger partial charge in [0.1, 0.15) is 11.9 Å². The highest BCUT2D eigenvalue weighted by Crippen LogP contribution is 2.24. The van der Waals surface area contributed by atoms with Crippen molar-refractivity contribution in [1.29, 1.82) is 0 Å². The highest BCUT2D eigenvalue weighted by molar-refractivity contribution is 14.0. The molecule has 1 saturated carbocycles. The van der Waals surface area contributed by atoms with Crippen LogP contribution in [-0.4, -0.2) is 42.9 Å². The molecule has 6 heteroatoms. The van der Waals surface area contributed by atoms with Crippen LogP contribution in [0, 0.1) is 12.8 Å². The first-order valence-corrected chi connectivity index (χ1v) is 9.02. The van der Waals surface area contributed by atoms with Crippen molar-refractivity contribution in [3.8, 4) is 5.75 Å². The van der Waals surface area contributed by atoms with E-state index in [1.807, 2.05) is 38.1 Å². The van der Waals surface area contributed by atoms with Crippen molar-refractivity contribution in [2.45, 2.75) is 52.2 Å². The van der Waals surface area contributed by atoms with Gasteiger partial charge in [0, 0.05) is 19.0 Å². The monoisotopic (exact) mass is 461 g/mol. The second-order valence-corrected chi connectivity index (χ2v) is 6.55. The smallest absolute Gasteiger partial charge is 0.191 e. The molecule has 0 saturated heterocycles. The molecule has 1 aliphatic carbocycles. The van der Waals surface area contributed by atoms with Crippen molar-refractivity contribution in [2.24, 2.45) is 10.9 Å². The standard InChI is InChI=1S/C19H31N3O2.HI/c1-4-20-19(22-13-16-9-7-10-17(16)23)21-12-15(3)24-18-11-6-5-8-14(18)2;/h5-6,8,11,15-17,23H,4,7,9-10,12-13H2,1-3H3,(H2,20,21,22);1H. The van der Waals surface area contributed by atoms with Crippen LogP contribution in [0.4, 0.5) is 0 Å². The van der Waals surface area contributed by atoms with Gasteiger partial charge >= 0.3 is 0 Å². The van der Waals surface area contributed by atoms with E-state index in [0.29, 0.717) is 12.5 Å². The third kappa shape index (κ3) is 7.40. The minimum absolute atomic E-state index is 0. The zero-order valence-corrected chi connectivity index (χ0v) is 17.8. The lowest BCUT2D eigenvalue weighted by molar-refractivity contribution is 0.134. The second-order valence-electron chi connectivity index (χ2n) is 6.55. The Morgan fingerprint density at radius 3 is 2.72 bits per heavy atom. The number of rotatable bonds is 7. The van der Waals surface area contributed by atoms with Crippen LogP contribution in [-0.2, 0) is 0 Å². The molecule has 0 radical (unpaired) electrons. The van der Waals surface area contributed by atoms with Crippen LogP contribution in [0.25, 0.3) is 0 Å². The van der Waals surface area contributed by atoms with Gasteiger partial charge in [0.2, 0.25) is 0 Å². The molecule has 0 bridgehead atoms. The summed E-state index contributed by atoms with van der Waals surface area (Å²) in [4.78, 5) is 4.61. The Bertz CT molecular complexity index is 539. The van der Waals surface area contributed by atoms with Crippen LogP contribution < -0.4 is 15.4 Å². The fraction of sp³-hybridized carbons (Fsp3) is 0.632. The number of aliphatic hydroxyl groups is 1. The quantitative estimate of drug-likeness (QED) is 0.332. The molecule has 0 aliphatic heterocycles. The Morgan fingerprint density at radius 1 is 1.32 bits per heavy atom. The lowest BCUT2D eigenvalue weighted by Crippen LogP contribution is -2.41.